The highest BCUT2D eigenvalue weighted by Gasteiger charge is 2.33. The van der Waals surface area contributed by atoms with Crippen molar-refractivity contribution < 1.29 is 23.4 Å². The van der Waals surface area contributed by atoms with Gasteiger partial charge >= 0.3 is 6.18 Å². The van der Waals surface area contributed by atoms with E-state index in [1.807, 2.05) is 6.92 Å². The lowest BCUT2D eigenvalue weighted by molar-refractivity contribution is -0.138. The predicted molar refractivity (Wildman–Crippen MR) is 67.0 cm³/mol. The van der Waals surface area contributed by atoms with E-state index in [-0.39, 0.29) is 18.7 Å². The number of benzene rings is 1. The van der Waals surface area contributed by atoms with Crippen molar-refractivity contribution in [2.24, 2.45) is 0 Å². The van der Waals surface area contributed by atoms with Crippen molar-refractivity contribution in [3.8, 4) is 0 Å². The van der Waals surface area contributed by atoms with Gasteiger partial charge in [0, 0.05) is 18.8 Å². The second-order valence-electron chi connectivity index (χ2n) is 4.21. The molecule has 108 valence electrons. The molecule has 0 saturated carbocycles. The van der Waals surface area contributed by atoms with E-state index in [1.165, 1.54) is 12.1 Å². The maximum atomic E-state index is 12.9. The zero-order chi connectivity index (χ0) is 14.5. The van der Waals surface area contributed by atoms with Crippen LogP contribution in [0.5, 0.6) is 0 Å². The highest BCUT2D eigenvalue weighted by atomic mass is 19.4. The van der Waals surface area contributed by atoms with Gasteiger partial charge < -0.3 is 15.1 Å². The molecule has 0 saturated heterocycles. The number of hydrogen-bond donors (Lipinski definition) is 2. The van der Waals surface area contributed by atoms with E-state index in [0.717, 1.165) is 12.5 Å². The van der Waals surface area contributed by atoms with Gasteiger partial charge in [0.15, 0.2) is 0 Å². The van der Waals surface area contributed by atoms with E-state index < -0.39 is 18.3 Å². The fourth-order valence-corrected chi connectivity index (χ4v) is 1.92. The van der Waals surface area contributed by atoms with Crippen LogP contribution in [-0.4, -0.2) is 29.9 Å². The normalized spacial score (nSPS) is 11.7. The molecule has 2 N–H and O–H groups in total. The standard InChI is InChI=1S/C13H18F3NO2/c1-2-5-17(6-7-18)11-4-3-10(9-19)12(8-11)13(14,15)16/h3-4,8,18-19H,2,5-7,9H2,1H3. The Morgan fingerprint density at radius 2 is 1.84 bits per heavy atom. The van der Waals surface area contributed by atoms with Crippen LogP contribution >= 0.6 is 0 Å². The summed E-state index contributed by atoms with van der Waals surface area (Å²) in [6, 6.07) is 3.83. The van der Waals surface area contributed by atoms with Gasteiger partial charge in [0.05, 0.1) is 18.8 Å². The van der Waals surface area contributed by atoms with Gasteiger partial charge in [-0.1, -0.05) is 13.0 Å². The topological polar surface area (TPSA) is 43.7 Å². The summed E-state index contributed by atoms with van der Waals surface area (Å²) in [5.74, 6) is 0. The molecule has 6 heteroatoms. The molecule has 0 aliphatic heterocycles. The average Bonchev–Trinajstić information content (AvgIpc) is 2.37. The SMILES string of the molecule is CCCN(CCO)c1ccc(CO)c(C(F)(F)F)c1. The molecular formula is C13H18F3NO2. The molecule has 0 fully saturated rings. The monoisotopic (exact) mass is 277 g/mol. The maximum absolute atomic E-state index is 12.9. The quantitative estimate of drug-likeness (QED) is 0.839. The van der Waals surface area contributed by atoms with Crippen LogP contribution < -0.4 is 4.90 Å². The molecule has 1 rings (SSSR count). The van der Waals surface area contributed by atoms with Gasteiger partial charge in [-0.25, -0.2) is 0 Å². The number of hydrogen-bond acceptors (Lipinski definition) is 3. The summed E-state index contributed by atoms with van der Waals surface area (Å²) in [6.07, 6.45) is -3.73. The van der Waals surface area contributed by atoms with Crippen LogP contribution in [0.25, 0.3) is 0 Å². The second kappa shape index (κ2) is 6.77. The first kappa shape index (κ1) is 15.8. The number of aliphatic hydroxyl groups is 2. The largest absolute Gasteiger partial charge is 0.416 e. The first-order valence-electron chi connectivity index (χ1n) is 6.10. The van der Waals surface area contributed by atoms with Crippen molar-refractivity contribution in [3.05, 3.63) is 29.3 Å². The molecule has 0 aliphatic rings. The van der Waals surface area contributed by atoms with Crippen molar-refractivity contribution in [3.63, 3.8) is 0 Å². The number of halogens is 3. The van der Waals surface area contributed by atoms with Crippen LogP contribution in [0.15, 0.2) is 18.2 Å². The summed E-state index contributed by atoms with van der Waals surface area (Å²) >= 11 is 0. The molecule has 0 aliphatic carbocycles. The van der Waals surface area contributed by atoms with Crippen LogP contribution in [0.4, 0.5) is 18.9 Å². The number of aliphatic hydroxyl groups excluding tert-OH is 2. The molecule has 0 aromatic heterocycles. The van der Waals surface area contributed by atoms with Gasteiger partial charge in [-0.3, -0.25) is 0 Å². The minimum absolute atomic E-state index is 0.122. The van der Waals surface area contributed by atoms with Crippen molar-refractivity contribution in [2.75, 3.05) is 24.6 Å². The molecule has 0 heterocycles. The van der Waals surface area contributed by atoms with E-state index in [1.54, 1.807) is 4.90 Å². The summed E-state index contributed by atoms with van der Waals surface area (Å²) in [4.78, 5) is 1.69. The van der Waals surface area contributed by atoms with Crippen molar-refractivity contribution in [2.45, 2.75) is 26.1 Å². The third kappa shape index (κ3) is 4.11. The summed E-state index contributed by atoms with van der Waals surface area (Å²) < 4.78 is 38.6. The Morgan fingerprint density at radius 3 is 2.32 bits per heavy atom. The summed E-state index contributed by atoms with van der Waals surface area (Å²) in [5, 5.41) is 17.9. The fraction of sp³-hybridized carbons (Fsp3) is 0.538. The van der Waals surface area contributed by atoms with Crippen molar-refractivity contribution in [1.29, 1.82) is 0 Å². The van der Waals surface area contributed by atoms with Gasteiger partial charge in [0.1, 0.15) is 0 Å². The maximum Gasteiger partial charge on any atom is 0.416 e. The molecule has 0 amide bonds. The summed E-state index contributed by atoms with van der Waals surface area (Å²) in [5.41, 5.74) is -0.566. The van der Waals surface area contributed by atoms with E-state index >= 15 is 0 Å². The van der Waals surface area contributed by atoms with Gasteiger partial charge in [-0.15, -0.1) is 0 Å². The molecule has 0 spiro atoms. The highest BCUT2D eigenvalue weighted by molar-refractivity contribution is 5.52. The van der Waals surface area contributed by atoms with E-state index in [9.17, 15) is 13.2 Å². The van der Waals surface area contributed by atoms with Crippen LogP contribution in [0.3, 0.4) is 0 Å². The lowest BCUT2D eigenvalue weighted by atomic mass is 10.1. The minimum atomic E-state index is -4.49. The molecule has 19 heavy (non-hydrogen) atoms. The first-order valence-corrected chi connectivity index (χ1v) is 6.10. The Hall–Kier alpha value is -1.27. The van der Waals surface area contributed by atoms with Gasteiger partial charge in [0.25, 0.3) is 0 Å². The fourth-order valence-electron chi connectivity index (χ4n) is 1.92. The second-order valence-corrected chi connectivity index (χ2v) is 4.21. The Morgan fingerprint density at radius 1 is 1.16 bits per heavy atom. The number of anilines is 1. The van der Waals surface area contributed by atoms with E-state index in [4.69, 9.17) is 10.2 Å². The third-order valence-electron chi connectivity index (χ3n) is 2.80. The minimum Gasteiger partial charge on any atom is -0.395 e. The number of nitrogens with zero attached hydrogens (tertiary/aromatic N) is 1. The lowest BCUT2D eigenvalue weighted by Crippen LogP contribution is -2.27. The summed E-state index contributed by atoms with van der Waals surface area (Å²) in [6.45, 7) is 1.99. The van der Waals surface area contributed by atoms with Crippen molar-refractivity contribution in [1.82, 2.24) is 0 Å². The van der Waals surface area contributed by atoms with E-state index in [2.05, 4.69) is 0 Å². The van der Waals surface area contributed by atoms with Gasteiger partial charge in [-0.2, -0.15) is 13.2 Å². The van der Waals surface area contributed by atoms with Crippen LogP contribution in [-0.2, 0) is 12.8 Å². The zero-order valence-corrected chi connectivity index (χ0v) is 10.7. The zero-order valence-electron chi connectivity index (χ0n) is 10.7. The molecule has 0 bridgehead atoms. The smallest absolute Gasteiger partial charge is 0.395 e. The Labute approximate surface area is 110 Å². The number of alkyl halides is 3. The first-order chi connectivity index (χ1) is 8.93. The Kier molecular flexibility index (Phi) is 5.62. The van der Waals surface area contributed by atoms with Gasteiger partial charge in [0.2, 0.25) is 0 Å². The third-order valence-corrected chi connectivity index (χ3v) is 2.80. The number of rotatable bonds is 6. The van der Waals surface area contributed by atoms with Gasteiger partial charge in [-0.05, 0) is 24.1 Å². The highest BCUT2D eigenvalue weighted by Crippen LogP contribution is 2.34. The average molecular weight is 277 g/mol. The van der Waals surface area contributed by atoms with Crippen LogP contribution in [0, 0.1) is 0 Å². The molecule has 1 aromatic carbocycles. The lowest BCUT2D eigenvalue weighted by Gasteiger charge is -2.25. The predicted octanol–water partition coefficient (Wildman–Crippen LogP) is 2.41. The Bertz CT molecular complexity index is 401. The molecule has 0 radical (unpaired) electrons. The van der Waals surface area contributed by atoms with Crippen LogP contribution in [0.1, 0.15) is 24.5 Å². The Balaban J connectivity index is 3.15. The molecule has 0 unspecified atom stereocenters. The molecule has 0 atom stereocenters. The van der Waals surface area contributed by atoms with E-state index in [0.29, 0.717) is 12.2 Å². The molecule has 3 nitrogen and oxygen atoms in total. The summed E-state index contributed by atoms with van der Waals surface area (Å²) in [7, 11) is 0. The van der Waals surface area contributed by atoms with Crippen molar-refractivity contribution >= 4 is 5.69 Å². The molecular weight excluding hydrogens is 259 g/mol. The molecule has 1 aromatic rings. The van der Waals surface area contributed by atoms with Crippen LogP contribution in [0.2, 0.25) is 0 Å².